The molecule has 0 radical (unpaired) electrons. The van der Waals surface area contributed by atoms with Crippen LogP contribution >= 0.6 is 24.8 Å². The van der Waals surface area contributed by atoms with E-state index in [9.17, 15) is 0 Å². The fourth-order valence-electron chi connectivity index (χ4n) is 0. The van der Waals surface area contributed by atoms with Crippen LogP contribution in [0.4, 0.5) is 0 Å². The van der Waals surface area contributed by atoms with E-state index in [1.54, 1.807) is 4.90 Å². The fourth-order valence-corrected chi connectivity index (χ4v) is 0. The second-order valence-corrected chi connectivity index (χ2v) is 2.29. The van der Waals surface area contributed by atoms with E-state index in [-0.39, 0.29) is 29.6 Å². The van der Waals surface area contributed by atoms with Crippen LogP contribution in [0.3, 0.4) is 0 Å². The van der Waals surface area contributed by atoms with Crippen molar-refractivity contribution >= 4 is 58.7 Å². The molecule has 4 heteroatoms. The Bertz CT molecular complexity index is 64.0. The predicted octanol–water partition coefficient (Wildman–Crippen LogP) is 0.114. The Hall–Kier alpha value is 1.24. The molecule has 0 saturated heterocycles. The quantitative estimate of drug-likeness (QED) is 0.293. The molecular weight excluding hydrogens is 137 g/mol. The van der Waals surface area contributed by atoms with E-state index in [0.717, 1.165) is 0 Å². The summed E-state index contributed by atoms with van der Waals surface area (Å²) in [5.74, 6) is 0. The fraction of sp³-hybridized carbons (Fsp3) is 0.667. The second kappa shape index (κ2) is 5.38. The molecule has 0 aliphatic carbocycles. The number of hydrogen-bond donors (Lipinski definition) is 1. The Morgan fingerprint density at radius 2 is 1.71 bits per heavy atom. The Kier molecular flexibility index (Phi) is 8.52. The summed E-state index contributed by atoms with van der Waals surface area (Å²) in [6, 6.07) is 0. The second-order valence-electron chi connectivity index (χ2n) is 1.18. The summed E-state index contributed by atoms with van der Waals surface area (Å²) >= 11 is 8.46. The summed E-state index contributed by atoms with van der Waals surface area (Å²) in [6.45, 7) is 0. The molecule has 38 valence electrons. The van der Waals surface area contributed by atoms with Crippen molar-refractivity contribution < 1.29 is 0 Å². The zero-order valence-corrected chi connectivity index (χ0v) is 5.51. The van der Waals surface area contributed by atoms with Crippen molar-refractivity contribution in [3.8, 4) is 0 Å². The molecule has 0 aromatic heterocycles. The van der Waals surface area contributed by atoms with Crippen LogP contribution in [-0.2, 0) is 0 Å². The molecule has 0 aliphatic heterocycles. The van der Waals surface area contributed by atoms with Crippen LogP contribution in [0.2, 0.25) is 0 Å². The molecule has 0 fully saturated rings. The standard InChI is InChI=1S/C3H7NS2.Na.H/c1-4(2)3(5)6;;/h1-2H3,(H,5,6);;. The maximum absolute atomic E-state index is 4.61. The van der Waals surface area contributed by atoms with Crippen LogP contribution in [-0.4, -0.2) is 52.9 Å². The van der Waals surface area contributed by atoms with Gasteiger partial charge >= 0.3 is 29.6 Å². The molecule has 0 unspecified atom stereocenters. The number of nitrogens with zero attached hydrogens (tertiary/aromatic N) is 1. The van der Waals surface area contributed by atoms with E-state index in [4.69, 9.17) is 0 Å². The summed E-state index contributed by atoms with van der Waals surface area (Å²) in [7, 11) is 3.71. The van der Waals surface area contributed by atoms with Gasteiger partial charge in [0.1, 0.15) is 4.32 Å². The van der Waals surface area contributed by atoms with Gasteiger partial charge in [-0.1, -0.05) is 12.2 Å². The third-order valence-electron chi connectivity index (χ3n) is 0.383. The first kappa shape index (κ1) is 11.1. The molecule has 0 amide bonds. The maximum atomic E-state index is 4.61. The molecule has 0 N–H and O–H groups in total. The van der Waals surface area contributed by atoms with Gasteiger partial charge in [-0.15, -0.1) is 12.6 Å². The molecule has 0 aromatic rings. The first-order chi connectivity index (χ1) is 2.64. The third kappa shape index (κ3) is 7.24. The predicted molar refractivity (Wildman–Crippen MR) is 42.4 cm³/mol. The molecule has 0 spiro atoms. The van der Waals surface area contributed by atoms with Gasteiger partial charge in [0.2, 0.25) is 0 Å². The van der Waals surface area contributed by atoms with E-state index < -0.39 is 0 Å². The van der Waals surface area contributed by atoms with Crippen molar-refractivity contribution in [3.05, 3.63) is 0 Å². The Labute approximate surface area is 77.2 Å². The summed E-state index contributed by atoms with van der Waals surface area (Å²) in [4.78, 5) is 1.76. The van der Waals surface area contributed by atoms with Gasteiger partial charge in [0.25, 0.3) is 0 Å². The van der Waals surface area contributed by atoms with Crippen LogP contribution in [0.5, 0.6) is 0 Å². The van der Waals surface area contributed by atoms with Gasteiger partial charge in [0.15, 0.2) is 0 Å². The first-order valence-corrected chi connectivity index (χ1v) is 2.40. The van der Waals surface area contributed by atoms with Crippen molar-refractivity contribution in [2.24, 2.45) is 0 Å². The van der Waals surface area contributed by atoms with Crippen LogP contribution in [0.25, 0.3) is 0 Å². The van der Waals surface area contributed by atoms with Crippen LogP contribution in [0, 0.1) is 0 Å². The Balaban J connectivity index is 0. The monoisotopic (exact) mass is 145 g/mol. The molecule has 7 heavy (non-hydrogen) atoms. The van der Waals surface area contributed by atoms with E-state index in [2.05, 4.69) is 24.8 Å². The van der Waals surface area contributed by atoms with Gasteiger partial charge in [-0.05, 0) is 0 Å². The zero-order chi connectivity index (χ0) is 5.15. The van der Waals surface area contributed by atoms with E-state index in [1.807, 2.05) is 14.1 Å². The summed E-state index contributed by atoms with van der Waals surface area (Å²) in [6.07, 6.45) is 0. The van der Waals surface area contributed by atoms with Gasteiger partial charge in [0.05, 0.1) is 0 Å². The summed E-state index contributed by atoms with van der Waals surface area (Å²) in [5, 5.41) is 0. The summed E-state index contributed by atoms with van der Waals surface area (Å²) < 4.78 is 0.620. The van der Waals surface area contributed by atoms with E-state index in [1.165, 1.54) is 0 Å². The molecule has 0 aliphatic rings. The van der Waals surface area contributed by atoms with Crippen molar-refractivity contribution in [1.82, 2.24) is 4.90 Å². The minimum absolute atomic E-state index is 0. The number of thiocarbonyl (C=S) groups is 1. The zero-order valence-electron chi connectivity index (χ0n) is 3.80. The Morgan fingerprint density at radius 3 is 1.71 bits per heavy atom. The molecule has 0 heterocycles. The average Bonchev–Trinajstić information content (AvgIpc) is 1.36. The molecule has 1 nitrogen and oxygen atoms in total. The minimum atomic E-state index is 0. The van der Waals surface area contributed by atoms with E-state index in [0.29, 0.717) is 4.32 Å². The third-order valence-corrected chi connectivity index (χ3v) is 1.15. The molecular formula is C3H8NNaS2. The van der Waals surface area contributed by atoms with Gasteiger partial charge < -0.3 is 4.90 Å². The molecule has 0 aromatic carbocycles. The Morgan fingerprint density at radius 1 is 1.57 bits per heavy atom. The van der Waals surface area contributed by atoms with Crippen molar-refractivity contribution in [2.45, 2.75) is 0 Å². The molecule has 0 saturated carbocycles. The average molecular weight is 145 g/mol. The van der Waals surface area contributed by atoms with Gasteiger partial charge in [0, 0.05) is 14.1 Å². The normalized spacial score (nSPS) is 6.71. The van der Waals surface area contributed by atoms with Crippen molar-refractivity contribution in [3.63, 3.8) is 0 Å². The number of rotatable bonds is 0. The van der Waals surface area contributed by atoms with Crippen LogP contribution in [0.15, 0.2) is 0 Å². The summed E-state index contributed by atoms with van der Waals surface area (Å²) in [5.41, 5.74) is 0. The van der Waals surface area contributed by atoms with Gasteiger partial charge in [-0.3, -0.25) is 0 Å². The van der Waals surface area contributed by atoms with Crippen molar-refractivity contribution in [1.29, 1.82) is 0 Å². The number of hydrogen-bond acceptors (Lipinski definition) is 1. The molecule has 0 atom stereocenters. The topological polar surface area (TPSA) is 3.24 Å². The van der Waals surface area contributed by atoms with Gasteiger partial charge in [-0.25, -0.2) is 0 Å². The molecule has 0 bridgehead atoms. The van der Waals surface area contributed by atoms with Crippen molar-refractivity contribution in [2.75, 3.05) is 14.1 Å². The molecule has 0 rings (SSSR count). The van der Waals surface area contributed by atoms with Crippen LogP contribution < -0.4 is 0 Å². The van der Waals surface area contributed by atoms with Crippen LogP contribution in [0.1, 0.15) is 0 Å². The van der Waals surface area contributed by atoms with E-state index >= 15 is 0 Å². The first-order valence-electron chi connectivity index (χ1n) is 1.55. The van der Waals surface area contributed by atoms with Gasteiger partial charge in [-0.2, -0.15) is 0 Å². The SMILES string of the molecule is CN(C)C(=S)S.[NaH]. The number of thiol groups is 1.